The highest BCUT2D eigenvalue weighted by Gasteiger charge is 2.21. The summed E-state index contributed by atoms with van der Waals surface area (Å²) in [6, 6.07) is 20.3. The molecule has 0 atom stereocenters. The number of carbonyl (C=O) groups is 1. The number of pyridine rings is 1. The van der Waals surface area contributed by atoms with Crippen LogP contribution in [0.4, 0.5) is 0 Å². The zero-order valence-corrected chi connectivity index (χ0v) is 19.0. The molecule has 1 aromatic heterocycles. The summed E-state index contributed by atoms with van der Waals surface area (Å²) >= 11 is 0. The smallest absolute Gasteiger partial charge is 0.254 e. The van der Waals surface area contributed by atoms with Crippen LogP contribution in [0.15, 0.2) is 71.5 Å². The second-order valence-corrected chi connectivity index (χ2v) is 8.24. The maximum atomic E-state index is 13.6. The van der Waals surface area contributed by atoms with Gasteiger partial charge in [-0.15, -0.1) is 0 Å². The topological polar surface area (TPSA) is 80.9 Å². The Morgan fingerprint density at radius 3 is 2.68 bits per heavy atom. The fraction of sp³-hybridized carbons (Fsp3) is 0.185. The first-order valence-corrected chi connectivity index (χ1v) is 11.0. The molecule has 4 aromatic rings. The summed E-state index contributed by atoms with van der Waals surface area (Å²) < 4.78 is 16.2. The van der Waals surface area contributed by atoms with Gasteiger partial charge in [-0.3, -0.25) is 9.59 Å². The van der Waals surface area contributed by atoms with Crippen LogP contribution in [0.2, 0.25) is 0 Å². The number of methoxy groups -OCH3 is 1. The number of aromatic amines is 1. The van der Waals surface area contributed by atoms with Crippen molar-refractivity contribution in [3.63, 3.8) is 0 Å². The van der Waals surface area contributed by atoms with Crippen LogP contribution in [0.25, 0.3) is 10.9 Å². The molecule has 1 amide bonds. The number of nitrogens with one attached hydrogen (secondary N) is 1. The summed E-state index contributed by atoms with van der Waals surface area (Å²) in [5, 5.41) is 0.923. The van der Waals surface area contributed by atoms with Crippen LogP contribution in [0, 0.1) is 6.92 Å². The number of aryl methyl sites for hydroxylation is 1. The molecule has 0 bridgehead atoms. The molecule has 5 rings (SSSR count). The lowest BCUT2D eigenvalue weighted by Crippen LogP contribution is -2.32. The van der Waals surface area contributed by atoms with Crippen molar-refractivity contribution in [1.82, 2.24) is 9.88 Å². The zero-order valence-electron chi connectivity index (χ0n) is 19.0. The average Bonchev–Trinajstić information content (AvgIpc) is 3.32. The van der Waals surface area contributed by atoms with Crippen molar-refractivity contribution in [3.8, 4) is 17.2 Å². The van der Waals surface area contributed by atoms with E-state index in [1.807, 2.05) is 49.4 Å². The van der Waals surface area contributed by atoms with E-state index in [1.165, 1.54) is 0 Å². The van der Waals surface area contributed by atoms with E-state index in [1.54, 1.807) is 36.3 Å². The van der Waals surface area contributed by atoms with Crippen molar-refractivity contribution < 1.29 is 19.0 Å². The molecule has 172 valence electrons. The fourth-order valence-corrected chi connectivity index (χ4v) is 4.15. The molecule has 0 spiro atoms. The first-order chi connectivity index (χ1) is 16.5. The number of nitrogens with zero attached hydrogens (tertiary/aromatic N) is 1. The molecule has 34 heavy (non-hydrogen) atoms. The Kier molecular flexibility index (Phi) is 5.67. The summed E-state index contributed by atoms with van der Waals surface area (Å²) in [5.74, 6) is 1.70. The van der Waals surface area contributed by atoms with Gasteiger partial charge >= 0.3 is 0 Å². The lowest BCUT2D eigenvalue weighted by molar-refractivity contribution is 0.0729. The number of H-pyrrole nitrogens is 1. The molecular formula is C27H24N2O5. The molecule has 1 aliphatic rings. The minimum absolute atomic E-state index is 0.143. The number of amides is 1. The van der Waals surface area contributed by atoms with Crippen LogP contribution in [0.1, 0.15) is 27.0 Å². The van der Waals surface area contributed by atoms with E-state index in [9.17, 15) is 9.59 Å². The molecule has 1 N–H and O–H groups in total. The number of hydrogen-bond donors (Lipinski definition) is 1. The van der Waals surface area contributed by atoms with Gasteiger partial charge in [0, 0.05) is 17.7 Å². The van der Waals surface area contributed by atoms with Gasteiger partial charge in [0.1, 0.15) is 5.75 Å². The van der Waals surface area contributed by atoms with Crippen molar-refractivity contribution in [2.75, 3.05) is 13.9 Å². The fourth-order valence-electron chi connectivity index (χ4n) is 4.15. The Bertz CT molecular complexity index is 1440. The monoisotopic (exact) mass is 456 g/mol. The van der Waals surface area contributed by atoms with Crippen LogP contribution >= 0.6 is 0 Å². The summed E-state index contributed by atoms with van der Waals surface area (Å²) in [6.45, 7) is 2.56. The molecule has 7 nitrogen and oxygen atoms in total. The lowest BCUT2D eigenvalue weighted by Gasteiger charge is -2.23. The minimum Gasteiger partial charge on any atom is -0.497 e. The van der Waals surface area contributed by atoms with Gasteiger partial charge in [-0.05, 0) is 59.8 Å². The summed E-state index contributed by atoms with van der Waals surface area (Å²) in [4.78, 5) is 31.2. The SMILES string of the molecule is COc1cccc(C(=O)N(Cc2ccc3c(c2)OCO3)Cc2cc3cccc(C)c3[nH]c2=O)c1. The van der Waals surface area contributed by atoms with Crippen LogP contribution in [-0.2, 0) is 13.1 Å². The highest BCUT2D eigenvalue weighted by Crippen LogP contribution is 2.33. The van der Waals surface area contributed by atoms with E-state index in [4.69, 9.17) is 14.2 Å². The third-order valence-corrected chi connectivity index (χ3v) is 5.94. The summed E-state index contributed by atoms with van der Waals surface area (Å²) in [7, 11) is 1.56. The molecular weight excluding hydrogens is 432 g/mol. The number of benzene rings is 3. The lowest BCUT2D eigenvalue weighted by atomic mass is 10.1. The first kappa shape index (κ1) is 21.6. The van der Waals surface area contributed by atoms with Crippen LogP contribution < -0.4 is 19.8 Å². The maximum absolute atomic E-state index is 13.6. The third kappa shape index (κ3) is 4.20. The first-order valence-electron chi connectivity index (χ1n) is 11.0. The van der Waals surface area contributed by atoms with Crippen molar-refractivity contribution >= 4 is 16.8 Å². The number of carbonyl (C=O) groups excluding carboxylic acids is 1. The van der Waals surface area contributed by atoms with Gasteiger partial charge in [0.05, 0.1) is 19.2 Å². The molecule has 0 fully saturated rings. The van der Waals surface area contributed by atoms with Crippen molar-refractivity contribution in [2.45, 2.75) is 20.0 Å². The summed E-state index contributed by atoms with van der Waals surface area (Å²) in [6.07, 6.45) is 0. The average molecular weight is 456 g/mol. The maximum Gasteiger partial charge on any atom is 0.254 e. The highest BCUT2D eigenvalue weighted by atomic mass is 16.7. The number of fused-ring (bicyclic) bond motifs is 2. The summed E-state index contributed by atoms with van der Waals surface area (Å²) in [5.41, 5.74) is 3.44. The second-order valence-electron chi connectivity index (χ2n) is 8.24. The van der Waals surface area contributed by atoms with Gasteiger partial charge in [-0.1, -0.05) is 30.3 Å². The molecule has 0 radical (unpaired) electrons. The van der Waals surface area contributed by atoms with E-state index in [0.717, 1.165) is 22.0 Å². The Morgan fingerprint density at radius 2 is 1.82 bits per heavy atom. The van der Waals surface area contributed by atoms with E-state index < -0.39 is 0 Å². The molecule has 7 heteroatoms. The zero-order chi connectivity index (χ0) is 23.7. The normalized spacial score (nSPS) is 12.1. The highest BCUT2D eigenvalue weighted by molar-refractivity contribution is 5.94. The number of para-hydroxylation sites is 1. The Hall–Kier alpha value is -4.26. The van der Waals surface area contributed by atoms with Crippen molar-refractivity contribution in [1.29, 1.82) is 0 Å². The van der Waals surface area contributed by atoms with E-state index in [0.29, 0.717) is 28.4 Å². The molecule has 1 aliphatic heterocycles. The molecule has 0 unspecified atom stereocenters. The predicted octanol–water partition coefficient (Wildman–Crippen LogP) is 4.42. The number of rotatable bonds is 6. The van der Waals surface area contributed by atoms with Crippen LogP contribution in [-0.4, -0.2) is 29.7 Å². The quantitative estimate of drug-likeness (QED) is 0.465. The van der Waals surface area contributed by atoms with E-state index in [2.05, 4.69) is 4.98 Å². The standard InChI is InChI=1S/C27H24N2O5/c1-17-5-3-6-19-12-21(26(30)28-25(17)19)15-29(27(31)20-7-4-8-22(13-20)32-2)14-18-9-10-23-24(11-18)34-16-33-23/h3-13H,14-16H2,1-2H3,(H,28,30). The van der Waals surface area contributed by atoms with Crippen LogP contribution in [0.3, 0.4) is 0 Å². The van der Waals surface area contributed by atoms with Crippen molar-refractivity contribution in [3.05, 3.63) is 99.3 Å². The van der Waals surface area contributed by atoms with Crippen LogP contribution in [0.5, 0.6) is 17.2 Å². The van der Waals surface area contributed by atoms with Gasteiger partial charge < -0.3 is 24.1 Å². The predicted molar refractivity (Wildman–Crippen MR) is 128 cm³/mol. The molecule has 3 aromatic carbocycles. The Labute approximate surface area is 196 Å². The number of ether oxygens (including phenoxy) is 3. The Balaban J connectivity index is 1.52. The second kappa shape index (κ2) is 8.94. The largest absolute Gasteiger partial charge is 0.497 e. The minimum atomic E-state index is -0.212. The Morgan fingerprint density at radius 1 is 1.00 bits per heavy atom. The van der Waals surface area contributed by atoms with Crippen molar-refractivity contribution in [2.24, 2.45) is 0 Å². The molecule has 0 saturated heterocycles. The molecule has 0 saturated carbocycles. The number of aromatic nitrogens is 1. The third-order valence-electron chi connectivity index (χ3n) is 5.94. The van der Waals surface area contributed by atoms with E-state index >= 15 is 0 Å². The van der Waals surface area contributed by atoms with Gasteiger partial charge in [-0.25, -0.2) is 0 Å². The van der Waals surface area contributed by atoms with Gasteiger partial charge in [0.15, 0.2) is 11.5 Å². The molecule has 2 heterocycles. The van der Waals surface area contributed by atoms with Gasteiger partial charge in [0.25, 0.3) is 11.5 Å². The van der Waals surface area contributed by atoms with Gasteiger partial charge in [0.2, 0.25) is 6.79 Å². The number of hydrogen-bond acceptors (Lipinski definition) is 5. The van der Waals surface area contributed by atoms with E-state index in [-0.39, 0.29) is 31.3 Å². The molecule has 0 aliphatic carbocycles. The van der Waals surface area contributed by atoms with Gasteiger partial charge in [-0.2, -0.15) is 0 Å².